The fraction of sp³-hybridized carbons (Fsp3) is 0.692. The third kappa shape index (κ3) is 3.33. The van der Waals surface area contributed by atoms with E-state index in [4.69, 9.17) is 4.74 Å². The van der Waals surface area contributed by atoms with E-state index in [0.29, 0.717) is 12.2 Å². The zero-order valence-corrected chi connectivity index (χ0v) is 12.8. The number of thiophene rings is 1. The van der Waals surface area contributed by atoms with Gasteiger partial charge in [0.1, 0.15) is 0 Å². The molecule has 3 rings (SSSR count). The van der Waals surface area contributed by atoms with E-state index < -0.39 is 0 Å². The molecule has 2 bridgehead atoms. The number of fused-ring (bicyclic) bond motifs is 2. The molecule has 1 N–H and O–H groups in total. The molecule has 2 unspecified atom stereocenters. The molecule has 18 heavy (non-hydrogen) atoms. The predicted molar refractivity (Wildman–Crippen MR) is 78.1 cm³/mol. The molecule has 0 aromatic carbocycles. The monoisotopic (exact) mass is 330 g/mol. The van der Waals surface area contributed by atoms with E-state index in [1.165, 1.54) is 22.2 Å². The van der Waals surface area contributed by atoms with Gasteiger partial charge in [-0.15, -0.1) is 11.3 Å². The fourth-order valence-electron chi connectivity index (χ4n) is 2.78. The summed E-state index contributed by atoms with van der Waals surface area (Å²) in [5.74, 6) is 0. The van der Waals surface area contributed by atoms with E-state index in [1.807, 2.05) is 0 Å². The van der Waals surface area contributed by atoms with E-state index >= 15 is 0 Å². The second-order valence-electron chi connectivity index (χ2n) is 5.13. The van der Waals surface area contributed by atoms with Crippen molar-refractivity contribution in [2.45, 2.75) is 31.6 Å². The van der Waals surface area contributed by atoms with Crippen molar-refractivity contribution in [3.63, 3.8) is 0 Å². The summed E-state index contributed by atoms with van der Waals surface area (Å²) in [6.45, 7) is 5.44. The summed E-state index contributed by atoms with van der Waals surface area (Å²) in [7, 11) is 0. The molecule has 0 aliphatic carbocycles. The number of halogens is 1. The van der Waals surface area contributed by atoms with Gasteiger partial charge in [0, 0.05) is 47.5 Å². The standard InChI is InChI=1S/C13H19BrN2OS/c14-10-5-13(18-9-10)6-15-3-4-16-7-11-1-2-12(8-16)17-11/h5,9,11-12,15H,1-4,6-8H2. The Kier molecular flexibility index (Phi) is 4.36. The Bertz CT molecular complexity index is 386. The molecular weight excluding hydrogens is 312 g/mol. The van der Waals surface area contributed by atoms with Crippen LogP contribution in [-0.2, 0) is 11.3 Å². The van der Waals surface area contributed by atoms with Gasteiger partial charge in [0.2, 0.25) is 0 Å². The van der Waals surface area contributed by atoms with Crippen LogP contribution in [0.15, 0.2) is 15.9 Å². The number of nitrogens with zero attached hydrogens (tertiary/aromatic N) is 1. The molecule has 3 heterocycles. The second-order valence-corrected chi connectivity index (χ2v) is 7.04. The van der Waals surface area contributed by atoms with E-state index in [2.05, 4.69) is 37.6 Å². The molecule has 0 radical (unpaired) electrons. The molecule has 3 nitrogen and oxygen atoms in total. The van der Waals surface area contributed by atoms with Crippen LogP contribution in [0.1, 0.15) is 17.7 Å². The van der Waals surface area contributed by atoms with Crippen LogP contribution in [0.5, 0.6) is 0 Å². The lowest BCUT2D eigenvalue weighted by molar-refractivity contribution is -0.0376. The van der Waals surface area contributed by atoms with Crippen molar-refractivity contribution >= 4 is 27.3 Å². The van der Waals surface area contributed by atoms with Gasteiger partial charge in [0.15, 0.2) is 0 Å². The average Bonchev–Trinajstić information content (AvgIpc) is 2.91. The molecule has 2 fully saturated rings. The van der Waals surface area contributed by atoms with Gasteiger partial charge in [-0.1, -0.05) is 0 Å². The summed E-state index contributed by atoms with van der Waals surface area (Å²) >= 11 is 5.29. The Labute approximate surface area is 121 Å². The summed E-state index contributed by atoms with van der Waals surface area (Å²) in [6.07, 6.45) is 3.55. The smallest absolute Gasteiger partial charge is 0.0707 e. The number of ether oxygens (including phenoxy) is 1. The number of morpholine rings is 1. The van der Waals surface area contributed by atoms with Crippen LogP contribution in [0.4, 0.5) is 0 Å². The van der Waals surface area contributed by atoms with Crippen molar-refractivity contribution in [1.29, 1.82) is 0 Å². The first-order valence-corrected chi connectivity index (χ1v) is 8.28. The first-order valence-electron chi connectivity index (χ1n) is 6.61. The van der Waals surface area contributed by atoms with Crippen molar-refractivity contribution in [3.05, 3.63) is 20.8 Å². The normalized spacial score (nSPS) is 27.8. The van der Waals surface area contributed by atoms with Crippen LogP contribution in [-0.4, -0.2) is 43.3 Å². The predicted octanol–water partition coefficient (Wildman–Crippen LogP) is 2.46. The minimum atomic E-state index is 0.511. The second kappa shape index (κ2) is 6.01. The van der Waals surface area contributed by atoms with Crippen LogP contribution in [0.2, 0.25) is 0 Å². The molecule has 2 saturated heterocycles. The van der Waals surface area contributed by atoms with Gasteiger partial charge in [-0.2, -0.15) is 0 Å². The minimum Gasteiger partial charge on any atom is -0.372 e. The minimum absolute atomic E-state index is 0.511. The van der Waals surface area contributed by atoms with Gasteiger partial charge in [-0.25, -0.2) is 0 Å². The molecule has 1 aromatic heterocycles. The highest BCUT2D eigenvalue weighted by Gasteiger charge is 2.33. The maximum atomic E-state index is 5.84. The van der Waals surface area contributed by atoms with Crippen molar-refractivity contribution in [1.82, 2.24) is 10.2 Å². The highest BCUT2D eigenvalue weighted by molar-refractivity contribution is 9.10. The van der Waals surface area contributed by atoms with Crippen LogP contribution in [0, 0.1) is 0 Å². The van der Waals surface area contributed by atoms with Crippen LogP contribution < -0.4 is 5.32 Å². The van der Waals surface area contributed by atoms with Crippen molar-refractivity contribution in [2.75, 3.05) is 26.2 Å². The average molecular weight is 331 g/mol. The van der Waals surface area contributed by atoms with Crippen molar-refractivity contribution in [3.8, 4) is 0 Å². The topological polar surface area (TPSA) is 24.5 Å². The van der Waals surface area contributed by atoms with E-state index in [0.717, 1.165) is 32.7 Å². The molecule has 0 amide bonds. The van der Waals surface area contributed by atoms with Crippen molar-refractivity contribution in [2.24, 2.45) is 0 Å². The quantitative estimate of drug-likeness (QED) is 0.839. The Balaban J connectivity index is 1.35. The zero-order valence-electron chi connectivity index (χ0n) is 10.4. The van der Waals surface area contributed by atoms with Gasteiger partial charge in [0.05, 0.1) is 12.2 Å². The Hall–Kier alpha value is 0.0600. The lowest BCUT2D eigenvalue weighted by Gasteiger charge is -2.32. The number of nitrogens with one attached hydrogen (secondary N) is 1. The van der Waals surface area contributed by atoms with E-state index in [9.17, 15) is 0 Å². The Morgan fingerprint density at radius 1 is 1.39 bits per heavy atom. The summed E-state index contributed by atoms with van der Waals surface area (Å²) in [6, 6.07) is 2.19. The molecule has 2 aliphatic heterocycles. The van der Waals surface area contributed by atoms with Gasteiger partial charge in [-0.3, -0.25) is 4.90 Å². The highest BCUT2D eigenvalue weighted by atomic mass is 79.9. The van der Waals surface area contributed by atoms with Crippen LogP contribution in [0.3, 0.4) is 0 Å². The van der Waals surface area contributed by atoms with Gasteiger partial charge in [-0.05, 0) is 34.8 Å². The molecule has 0 spiro atoms. The molecule has 5 heteroatoms. The maximum absolute atomic E-state index is 5.84. The molecule has 2 atom stereocenters. The van der Waals surface area contributed by atoms with Crippen LogP contribution >= 0.6 is 27.3 Å². The number of hydrogen-bond acceptors (Lipinski definition) is 4. The SMILES string of the molecule is Brc1csc(CNCCN2CC3CCC(C2)O3)c1. The number of likely N-dealkylation sites (tertiary alicyclic amines) is 1. The molecule has 1 aromatic rings. The Morgan fingerprint density at radius 3 is 2.83 bits per heavy atom. The van der Waals surface area contributed by atoms with Gasteiger partial charge in [0.25, 0.3) is 0 Å². The number of rotatable bonds is 5. The summed E-state index contributed by atoms with van der Waals surface area (Å²) in [4.78, 5) is 3.94. The fourth-order valence-corrected chi connectivity index (χ4v) is 4.20. The third-order valence-electron chi connectivity index (χ3n) is 3.64. The zero-order chi connectivity index (χ0) is 12.4. The molecule has 2 aliphatic rings. The Morgan fingerprint density at radius 2 is 2.17 bits per heavy atom. The summed E-state index contributed by atoms with van der Waals surface area (Å²) < 4.78 is 7.03. The summed E-state index contributed by atoms with van der Waals surface area (Å²) in [5.41, 5.74) is 0. The number of hydrogen-bond donors (Lipinski definition) is 1. The van der Waals surface area contributed by atoms with E-state index in [-0.39, 0.29) is 0 Å². The first-order chi connectivity index (χ1) is 8.79. The first kappa shape index (κ1) is 13.1. The van der Waals surface area contributed by atoms with Gasteiger partial charge < -0.3 is 10.1 Å². The maximum Gasteiger partial charge on any atom is 0.0707 e. The van der Waals surface area contributed by atoms with E-state index in [1.54, 1.807) is 11.3 Å². The lowest BCUT2D eigenvalue weighted by Crippen LogP contribution is -2.45. The molecular formula is C13H19BrN2OS. The lowest BCUT2D eigenvalue weighted by atomic mass is 10.2. The third-order valence-corrected chi connectivity index (χ3v) is 5.34. The highest BCUT2D eigenvalue weighted by Crippen LogP contribution is 2.25. The van der Waals surface area contributed by atoms with Crippen LogP contribution in [0.25, 0.3) is 0 Å². The van der Waals surface area contributed by atoms with Gasteiger partial charge >= 0.3 is 0 Å². The largest absolute Gasteiger partial charge is 0.372 e. The van der Waals surface area contributed by atoms with Crippen molar-refractivity contribution < 1.29 is 4.74 Å². The molecule has 0 saturated carbocycles. The molecule has 100 valence electrons. The summed E-state index contributed by atoms with van der Waals surface area (Å²) in [5, 5.41) is 5.66.